The van der Waals surface area contributed by atoms with Crippen LogP contribution >= 0.6 is 11.6 Å². The van der Waals surface area contributed by atoms with Gasteiger partial charge < -0.3 is 4.74 Å². The molecule has 0 fully saturated rings. The predicted octanol–water partition coefficient (Wildman–Crippen LogP) is 1.73. The van der Waals surface area contributed by atoms with Crippen LogP contribution in [0.5, 0.6) is 5.75 Å². The van der Waals surface area contributed by atoms with Gasteiger partial charge in [-0.3, -0.25) is 5.10 Å². The van der Waals surface area contributed by atoms with Gasteiger partial charge in [-0.25, -0.2) is 8.42 Å². The van der Waals surface area contributed by atoms with E-state index in [-0.39, 0.29) is 24.0 Å². The maximum atomic E-state index is 12.7. The van der Waals surface area contributed by atoms with Gasteiger partial charge in [0.15, 0.2) is 5.03 Å². The summed E-state index contributed by atoms with van der Waals surface area (Å²) < 4.78 is 32.4. The summed E-state index contributed by atoms with van der Waals surface area (Å²) in [6.07, 6.45) is 1.43. The summed E-state index contributed by atoms with van der Waals surface area (Å²) in [7, 11) is -3.68. The molecule has 0 amide bonds. The van der Waals surface area contributed by atoms with Gasteiger partial charge in [0.05, 0.1) is 12.1 Å². The maximum absolute atomic E-state index is 12.7. The Morgan fingerprint density at radius 2 is 2.19 bits per heavy atom. The van der Waals surface area contributed by atoms with Crippen LogP contribution in [0.2, 0.25) is 0 Å². The Morgan fingerprint density at radius 3 is 3.00 bits per heavy atom. The van der Waals surface area contributed by atoms with Crippen LogP contribution in [0.3, 0.4) is 0 Å². The number of para-hydroxylation sites is 1. The Labute approximate surface area is 127 Å². The second kappa shape index (κ2) is 5.67. The van der Waals surface area contributed by atoms with Crippen molar-refractivity contribution in [3.8, 4) is 5.75 Å². The molecule has 0 bridgehead atoms. The van der Waals surface area contributed by atoms with Gasteiger partial charge >= 0.3 is 0 Å². The molecule has 0 atom stereocenters. The first-order chi connectivity index (χ1) is 10.1. The molecule has 1 aliphatic rings. The molecule has 0 saturated heterocycles. The van der Waals surface area contributed by atoms with Crippen molar-refractivity contribution in [3.05, 3.63) is 41.6 Å². The van der Waals surface area contributed by atoms with Crippen molar-refractivity contribution in [2.75, 3.05) is 13.2 Å². The molecule has 0 saturated carbocycles. The van der Waals surface area contributed by atoms with E-state index < -0.39 is 10.0 Å². The number of hydrogen-bond acceptors (Lipinski definition) is 4. The summed E-state index contributed by atoms with van der Waals surface area (Å²) in [4.78, 5) is 0. The average molecular weight is 328 g/mol. The molecule has 112 valence electrons. The number of nitrogens with zero attached hydrogens (tertiary/aromatic N) is 2. The van der Waals surface area contributed by atoms with E-state index in [0.29, 0.717) is 12.2 Å². The lowest BCUT2D eigenvalue weighted by molar-refractivity contribution is 0.292. The fraction of sp³-hybridized carbons (Fsp3) is 0.308. The number of aromatic nitrogens is 2. The third kappa shape index (κ3) is 2.64. The molecule has 0 unspecified atom stereocenters. The number of fused-ring (bicyclic) bond motifs is 1. The van der Waals surface area contributed by atoms with E-state index in [4.69, 9.17) is 16.3 Å². The van der Waals surface area contributed by atoms with Gasteiger partial charge in [-0.1, -0.05) is 18.2 Å². The van der Waals surface area contributed by atoms with E-state index >= 15 is 0 Å². The fourth-order valence-corrected chi connectivity index (χ4v) is 4.04. The SMILES string of the molecule is O=S(=O)(c1[nH]ncc1CCl)N1CCOc2ccccc2C1. The first kappa shape index (κ1) is 14.4. The number of aromatic amines is 1. The van der Waals surface area contributed by atoms with Gasteiger partial charge in [0.2, 0.25) is 0 Å². The van der Waals surface area contributed by atoms with Crippen LogP contribution in [0, 0.1) is 0 Å². The van der Waals surface area contributed by atoms with Crippen molar-refractivity contribution in [2.45, 2.75) is 17.5 Å². The first-order valence-corrected chi connectivity index (χ1v) is 8.39. The van der Waals surface area contributed by atoms with Gasteiger partial charge in [0.25, 0.3) is 10.0 Å². The summed E-state index contributed by atoms with van der Waals surface area (Å²) in [5, 5.41) is 6.36. The number of sulfonamides is 1. The second-order valence-electron chi connectivity index (χ2n) is 4.65. The highest BCUT2D eigenvalue weighted by atomic mass is 35.5. The Kier molecular flexibility index (Phi) is 3.88. The molecule has 8 heteroatoms. The van der Waals surface area contributed by atoms with Gasteiger partial charge in [-0.05, 0) is 6.07 Å². The third-order valence-corrected chi connectivity index (χ3v) is 5.49. The quantitative estimate of drug-likeness (QED) is 0.871. The fourth-order valence-electron chi connectivity index (χ4n) is 2.25. The Hall–Kier alpha value is -1.57. The molecule has 0 radical (unpaired) electrons. The highest BCUT2D eigenvalue weighted by Gasteiger charge is 2.30. The number of nitrogens with one attached hydrogen (secondary N) is 1. The molecule has 0 aliphatic carbocycles. The summed E-state index contributed by atoms with van der Waals surface area (Å²) >= 11 is 5.76. The van der Waals surface area contributed by atoms with Crippen molar-refractivity contribution in [3.63, 3.8) is 0 Å². The number of hydrogen-bond donors (Lipinski definition) is 1. The van der Waals surface area contributed by atoms with E-state index in [9.17, 15) is 8.42 Å². The summed E-state index contributed by atoms with van der Waals surface area (Å²) in [6, 6.07) is 7.42. The molecule has 6 nitrogen and oxygen atoms in total. The van der Waals surface area contributed by atoms with Crippen molar-refractivity contribution < 1.29 is 13.2 Å². The minimum absolute atomic E-state index is 0.0527. The van der Waals surface area contributed by atoms with Crippen molar-refractivity contribution in [1.82, 2.24) is 14.5 Å². The lowest BCUT2D eigenvalue weighted by atomic mass is 10.2. The predicted molar refractivity (Wildman–Crippen MR) is 77.7 cm³/mol. The highest BCUT2D eigenvalue weighted by molar-refractivity contribution is 7.89. The molecular weight excluding hydrogens is 314 g/mol. The lowest BCUT2D eigenvalue weighted by Crippen LogP contribution is -2.33. The van der Waals surface area contributed by atoms with E-state index in [1.165, 1.54) is 10.5 Å². The van der Waals surface area contributed by atoms with Gasteiger partial charge in [-0.15, -0.1) is 11.6 Å². The standard InChI is InChI=1S/C13H14ClN3O3S/c14-7-11-8-15-16-13(11)21(18,19)17-5-6-20-12-4-2-1-3-10(12)9-17/h1-4,8H,5-7,9H2,(H,15,16). The first-order valence-electron chi connectivity index (χ1n) is 6.42. The Balaban J connectivity index is 1.97. The number of H-pyrrole nitrogens is 1. The van der Waals surface area contributed by atoms with Gasteiger partial charge in [0, 0.05) is 24.2 Å². The normalized spacial score (nSPS) is 16.0. The molecule has 1 aliphatic heterocycles. The van der Waals surface area contributed by atoms with E-state index in [1.54, 1.807) is 0 Å². The van der Waals surface area contributed by atoms with Crippen LogP contribution in [0.4, 0.5) is 0 Å². The molecule has 0 spiro atoms. The Morgan fingerprint density at radius 1 is 1.38 bits per heavy atom. The number of benzene rings is 1. The smallest absolute Gasteiger partial charge is 0.260 e. The second-order valence-corrected chi connectivity index (χ2v) is 6.79. The minimum atomic E-state index is -3.68. The zero-order valence-electron chi connectivity index (χ0n) is 11.1. The number of ether oxygens (including phenoxy) is 1. The number of alkyl halides is 1. The van der Waals surface area contributed by atoms with Crippen LogP contribution in [0.1, 0.15) is 11.1 Å². The molecule has 2 aromatic rings. The van der Waals surface area contributed by atoms with Crippen LogP contribution in [0.25, 0.3) is 0 Å². The molecule has 1 aromatic heterocycles. The zero-order valence-corrected chi connectivity index (χ0v) is 12.7. The van der Waals surface area contributed by atoms with Crippen molar-refractivity contribution in [2.24, 2.45) is 0 Å². The van der Waals surface area contributed by atoms with E-state index in [1.807, 2.05) is 24.3 Å². The van der Waals surface area contributed by atoms with E-state index in [2.05, 4.69) is 10.2 Å². The van der Waals surface area contributed by atoms with Crippen LogP contribution in [0.15, 0.2) is 35.5 Å². The average Bonchev–Trinajstić information content (AvgIpc) is 2.86. The van der Waals surface area contributed by atoms with Crippen molar-refractivity contribution >= 4 is 21.6 Å². The molecule has 3 rings (SSSR count). The maximum Gasteiger partial charge on any atom is 0.260 e. The zero-order chi connectivity index (χ0) is 14.9. The number of rotatable bonds is 3. The summed E-state index contributed by atoms with van der Waals surface area (Å²) in [5.74, 6) is 0.809. The minimum Gasteiger partial charge on any atom is -0.492 e. The molecule has 2 heterocycles. The van der Waals surface area contributed by atoms with Crippen LogP contribution in [-0.4, -0.2) is 36.1 Å². The topological polar surface area (TPSA) is 75.3 Å². The van der Waals surface area contributed by atoms with Gasteiger partial charge in [-0.2, -0.15) is 9.40 Å². The molecule has 1 aromatic carbocycles. The lowest BCUT2D eigenvalue weighted by Gasteiger charge is -2.19. The summed E-state index contributed by atoms with van der Waals surface area (Å²) in [6.45, 7) is 0.845. The number of halogens is 1. The summed E-state index contributed by atoms with van der Waals surface area (Å²) in [5.41, 5.74) is 1.31. The van der Waals surface area contributed by atoms with Gasteiger partial charge in [0.1, 0.15) is 12.4 Å². The van der Waals surface area contributed by atoms with Crippen LogP contribution < -0.4 is 4.74 Å². The molecule has 1 N–H and O–H groups in total. The highest BCUT2D eigenvalue weighted by Crippen LogP contribution is 2.27. The van der Waals surface area contributed by atoms with Crippen LogP contribution in [-0.2, 0) is 22.4 Å². The molecule has 21 heavy (non-hydrogen) atoms. The molecular formula is C13H14ClN3O3S. The van der Waals surface area contributed by atoms with Crippen molar-refractivity contribution in [1.29, 1.82) is 0 Å². The van der Waals surface area contributed by atoms with E-state index in [0.717, 1.165) is 11.3 Å². The monoisotopic (exact) mass is 327 g/mol. The third-order valence-electron chi connectivity index (χ3n) is 3.34. The largest absolute Gasteiger partial charge is 0.492 e. The Bertz CT molecular complexity index is 745.